The maximum atomic E-state index is 9.46. The van der Waals surface area contributed by atoms with Crippen LogP contribution in [0.1, 0.15) is 86.0 Å². The number of nitrogens with two attached hydrogens (primary N) is 1. The molecule has 0 aliphatic carbocycles. The second-order valence-electron chi connectivity index (χ2n) is 6.76. The van der Waals surface area contributed by atoms with E-state index in [1.165, 1.54) is 58.3 Å². The van der Waals surface area contributed by atoms with Crippen molar-refractivity contribution in [2.24, 2.45) is 5.73 Å². The highest BCUT2D eigenvalue weighted by molar-refractivity contribution is 7.75. The van der Waals surface area contributed by atoms with Gasteiger partial charge < -0.3 is 15.6 Å². The Morgan fingerprint density at radius 1 is 0.826 bits per heavy atom. The van der Waals surface area contributed by atoms with Gasteiger partial charge >= 0.3 is 0 Å². The molecule has 0 aromatic rings. The Morgan fingerprint density at radius 3 is 1.17 bits per heavy atom. The van der Waals surface area contributed by atoms with E-state index in [2.05, 4.69) is 27.7 Å². The number of carboxylic acids is 1. The van der Waals surface area contributed by atoms with Crippen LogP contribution in [0.15, 0.2) is 0 Å². The molecule has 0 aromatic carbocycles. The number of rotatable bonds is 13. The lowest BCUT2D eigenvalue weighted by atomic mass is 10.4. The van der Waals surface area contributed by atoms with Gasteiger partial charge in [-0.1, -0.05) is 53.4 Å². The second-order valence-corrected chi connectivity index (χ2v) is 11.2. The zero-order valence-corrected chi connectivity index (χ0v) is 17.3. The largest absolute Gasteiger partial charge is 0.548 e. The number of hydrogen-bond acceptors (Lipinski definition) is 3. The molecule has 4 heteroatoms. The molecule has 23 heavy (non-hydrogen) atoms. The van der Waals surface area contributed by atoms with Crippen molar-refractivity contribution < 1.29 is 9.90 Å². The van der Waals surface area contributed by atoms with Crippen LogP contribution in [0.2, 0.25) is 0 Å². The van der Waals surface area contributed by atoms with E-state index in [0.29, 0.717) is 0 Å². The standard InChI is InChI=1S/C16H36P.C3H7NO2/c1-5-9-13-17(14-10-6-2,15-11-7-3)16-12-8-4;1-2(4)3(5)6/h5-16H2,1-4H3;2H,4H2,1H3,(H,5,6)/q+1;/p-1/t;2-/m.0/s1. The molecule has 0 aromatic heterocycles. The first-order valence-electron chi connectivity index (χ1n) is 9.70. The molecule has 0 aliphatic rings. The van der Waals surface area contributed by atoms with Crippen molar-refractivity contribution >= 4 is 13.2 Å². The summed E-state index contributed by atoms with van der Waals surface area (Å²) >= 11 is 0. The minimum absolute atomic E-state index is 0.562. The van der Waals surface area contributed by atoms with E-state index in [1.807, 2.05) is 0 Å². The van der Waals surface area contributed by atoms with Gasteiger partial charge in [-0.2, -0.15) is 0 Å². The Morgan fingerprint density at radius 2 is 1.04 bits per heavy atom. The van der Waals surface area contributed by atoms with Crippen LogP contribution in [0.25, 0.3) is 0 Å². The molecule has 1 atom stereocenters. The van der Waals surface area contributed by atoms with Gasteiger partial charge in [-0.15, -0.1) is 0 Å². The SMILES string of the molecule is CCCC[P+](CCCC)(CCCC)CCCC.C[C@H](N)C(=O)[O-]. The first-order chi connectivity index (χ1) is 10.9. The summed E-state index contributed by atoms with van der Waals surface area (Å²) in [6.45, 7) is 10.8. The van der Waals surface area contributed by atoms with E-state index in [4.69, 9.17) is 5.73 Å². The van der Waals surface area contributed by atoms with Crippen LogP contribution in [0.3, 0.4) is 0 Å². The van der Waals surface area contributed by atoms with Gasteiger partial charge in [-0.25, -0.2) is 0 Å². The Balaban J connectivity index is 0. The second kappa shape index (κ2) is 16.7. The molecule has 0 unspecified atom stereocenters. The highest BCUT2D eigenvalue weighted by atomic mass is 31.2. The van der Waals surface area contributed by atoms with Gasteiger partial charge in [-0.05, 0) is 32.6 Å². The Labute approximate surface area is 146 Å². The fraction of sp³-hybridized carbons (Fsp3) is 0.947. The first-order valence-corrected chi connectivity index (χ1v) is 12.2. The summed E-state index contributed by atoms with van der Waals surface area (Å²) in [7, 11) is -0.562. The van der Waals surface area contributed by atoms with Crippen LogP contribution in [-0.2, 0) is 4.79 Å². The van der Waals surface area contributed by atoms with Crippen LogP contribution in [0.5, 0.6) is 0 Å². The molecule has 140 valence electrons. The van der Waals surface area contributed by atoms with Crippen molar-refractivity contribution in [2.75, 3.05) is 24.6 Å². The van der Waals surface area contributed by atoms with Crippen molar-refractivity contribution in [3.8, 4) is 0 Å². The van der Waals surface area contributed by atoms with Crippen molar-refractivity contribution in [1.29, 1.82) is 0 Å². The summed E-state index contributed by atoms with van der Waals surface area (Å²) in [4.78, 5) is 9.46. The number of hydrogen-bond donors (Lipinski definition) is 1. The summed E-state index contributed by atoms with van der Waals surface area (Å²) in [6.07, 6.45) is 17.9. The van der Waals surface area contributed by atoms with Gasteiger partial charge in [0.1, 0.15) is 0 Å². The molecule has 3 nitrogen and oxygen atoms in total. The number of carbonyl (C=O) groups is 1. The molecule has 0 bridgehead atoms. The van der Waals surface area contributed by atoms with E-state index in [-0.39, 0.29) is 0 Å². The smallest absolute Gasteiger partial charge is 0.0594 e. The summed E-state index contributed by atoms with van der Waals surface area (Å²) in [5.74, 6) is -1.21. The van der Waals surface area contributed by atoms with E-state index < -0.39 is 19.3 Å². The summed E-state index contributed by atoms with van der Waals surface area (Å²) in [5.41, 5.74) is 4.77. The monoisotopic (exact) mass is 347 g/mol. The fourth-order valence-electron chi connectivity index (χ4n) is 2.64. The first kappa shape index (κ1) is 25.1. The molecule has 0 amide bonds. The maximum Gasteiger partial charge on any atom is 0.0594 e. The molecule has 2 N–H and O–H groups in total. The third kappa shape index (κ3) is 15.1. The molecule has 0 rings (SSSR count). The summed E-state index contributed by atoms with van der Waals surface area (Å²) in [6, 6.07) is -0.843. The van der Waals surface area contributed by atoms with Gasteiger partial charge in [0.25, 0.3) is 0 Å². The molecular weight excluding hydrogens is 305 g/mol. The highest BCUT2D eigenvalue weighted by Gasteiger charge is 2.34. The maximum absolute atomic E-state index is 9.46. The zero-order valence-electron chi connectivity index (χ0n) is 16.4. The molecule has 0 radical (unpaired) electrons. The highest BCUT2D eigenvalue weighted by Crippen LogP contribution is 2.61. The topological polar surface area (TPSA) is 66.2 Å². The lowest BCUT2D eigenvalue weighted by Crippen LogP contribution is -2.39. The molecule has 0 heterocycles. The van der Waals surface area contributed by atoms with Gasteiger partial charge in [0.05, 0.1) is 30.6 Å². The van der Waals surface area contributed by atoms with E-state index in [9.17, 15) is 9.90 Å². The normalized spacial score (nSPS) is 12.4. The van der Waals surface area contributed by atoms with Crippen molar-refractivity contribution in [1.82, 2.24) is 0 Å². The summed E-state index contributed by atoms with van der Waals surface area (Å²) < 4.78 is 0. The molecule has 0 saturated carbocycles. The lowest BCUT2D eigenvalue weighted by Gasteiger charge is -2.28. The zero-order chi connectivity index (χ0) is 18.1. The lowest BCUT2D eigenvalue weighted by molar-refractivity contribution is -0.306. The average Bonchev–Trinajstić information content (AvgIpc) is 2.54. The number of aliphatic carboxylic acids is 1. The number of unbranched alkanes of at least 4 members (excludes halogenated alkanes) is 4. The minimum Gasteiger partial charge on any atom is -0.548 e. The quantitative estimate of drug-likeness (QED) is 0.505. The van der Waals surface area contributed by atoms with Crippen LogP contribution >= 0.6 is 7.26 Å². The number of carbonyl (C=O) groups excluding carboxylic acids is 1. The van der Waals surface area contributed by atoms with Crippen LogP contribution < -0.4 is 10.8 Å². The Bertz CT molecular complexity index is 233. The minimum atomic E-state index is -1.21. The summed E-state index contributed by atoms with van der Waals surface area (Å²) in [5, 5.41) is 9.46. The molecule has 0 spiro atoms. The van der Waals surface area contributed by atoms with Gasteiger partial charge in [0, 0.05) is 13.3 Å². The Kier molecular flexibility index (Phi) is 18.2. The van der Waals surface area contributed by atoms with Gasteiger partial charge in [-0.3, -0.25) is 0 Å². The van der Waals surface area contributed by atoms with Crippen molar-refractivity contribution in [2.45, 2.75) is 92.0 Å². The van der Waals surface area contributed by atoms with Gasteiger partial charge in [0.2, 0.25) is 0 Å². The average molecular weight is 348 g/mol. The predicted octanol–water partition coefficient (Wildman–Crippen LogP) is 4.29. The van der Waals surface area contributed by atoms with Crippen molar-refractivity contribution in [3.05, 3.63) is 0 Å². The van der Waals surface area contributed by atoms with Crippen LogP contribution in [-0.4, -0.2) is 36.7 Å². The van der Waals surface area contributed by atoms with Crippen LogP contribution in [0.4, 0.5) is 0 Å². The van der Waals surface area contributed by atoms with Crippen molar-refractivity contribution in [3.63, 3.8) is 0 Å². The Hall–Kier alpha value is -0.140. The predicted molar refractivity (Wildman–Crippen MR) is 105 cm³/mol. The third-order valence-corrected chi connectivity index (χ3v) is 9.38. The number of carboxylic acid groups (broad SMARTS) is 1. The van der Waals surface area contributed by atoms with Gasteiger partial charge in [0.15, 0.2) is 0 Å². The fourth-order valence-corrected chi connectivity index (χ4v) is 7.93. The molecule has 0 aliphatic heterocycles. The molecule has 0 saturated heterocycles. The molecular formula is C19H42NO2P. The van der Waals surface area contributed by atoms with E-state index >= 15 is 0 Å². The van der Waals surface area contributed by atoms with E-state index in [1.54, 1.807) is 24.6 Å². The third-order valence-electron chi connectivity index (χ3n) is 4.32. The van der Waals surface area contributed by atoms with E-state index in [0.717, 1.165) is 0 Å². The molecule has 0 fully saturated rings. The van der Waals surface area contributed by atoms with Crippen LogP contribution in [0, 0.1) is 0 Å².